The molecular weight excluding hydrogens is 252 g/mol. The molecule has 0 saturated carbocycles. The molecule has 0 aliphatic carbocycles. The average Bonchev–Trinajstić information content (AvgIpc) is 2.41. The highest BCUT2D eigenvalue weighted by Gasteiger charge is 2.03. The maximum atomic E-state index is 12.0. The zero-order chi connectivity index (χ0) is 13.5. The van der Waals surface area contributed by atoms with Crippen molar-refractivity contribution in [2.45, 2.75) is 19.7 Å². The Morgan fingerprint density at radius 2 is 1.89 bits per heavy atom. The first-order valence-corrected chi connectivity index (χ1v) is 5.73. The predicted molar refractivity (Wildman–Crippen MR) is 65.6 cm³/mol. The lowest BCUT2D eigenvalue weighted by atomic mass is 10.2. The van der Waals surface area contributed by atoms with Gasteiger partial charge in [-0.3, -0.25) is 9.97 Å². The van der Waals surface area contributed by atoms with Gasteiger partial charge in [-0.15, -0.1) is 0 Å². The van der Waals surface area contributed by atoms with Gasteiger partial charge in [0.2, 0.25) is 0 Å². The first-order chi connectivity index (χ1) is 9.24. The number of rotatable bonds is 6. The van der Waals surface area contributed by atoms with Crippen LogP contribution in [0.2, 0.25) is 0 Å². The van der Waals surface area contributed by atoms with Gasteiger partial charge >= 0.3 is 6.61 Å². The number of nitrogens with zero attached hydrogens (tertiary/aromatic N) is 2. The highest BCUT2D eigenvalue weighted by Crippen LogP contribution is 2.14. The second kappa shape index (κ2) is 6.75. The van der Waals surface area contributed by atoms with E-state index in [0.717, 1.165) is 11.3 Å². The summed E-state index contributed by atoms with van der Waals surface area (Å²) < 4.78 is 28.2. The van der Waals surface area contributed by atoms with Crippen LogP contribution in [0, 0.1) is 0 Å². The largest absolute Gasteiger partial charge is 0.435 e. The summed E-state index contributed by atoms with van der Waals surface area (Å²) in [5.41, 5.74) is 1.82. The van der Waals surface area contributed by atoms with Crippen molar-refractivity contribution in [3.63, 3.8) is 0 Å². The summed E-state index contributed by atoms with van der Waals surface area (Å²) >= 11 is 0. The normalized spacial score (nSPS) is 10.7. The monoisotopic (exact) mass is 265 g/mol. The Morgan fingerprint density at radius 3 is 2.53 bits per heavy atom. The Bertz CT molecular complexity index is 491. The smallest absolute Gasteiger partial charge is 0.387 e. The lowest BCUT2D eigenvalue weighted by molar-refractivity contribution is -0.0498. The van der Waals surface area contributed by atoms with Gasteiger partial charge in [-0.1, -0.05) is 12.1 Å². The van der Waals surface area contributed by atoms with Crippen LogP contribution in [0.5, 0.6) is 5.75 Å². The number of benzene rings is 1. The van der Waals surface area contributed by atoms with Crippen LogP contribution in [-0.2, 0) is 13.1 Å². The first-order valence-electron chi connectivity index (χ1n) is 5.73. The van der Waals surface area contributed by atoms with Gasteiger partial charge in [-0.05, 0) is 17.7 Å². The minimum atomic E-state index is -2.79. The van der Waals surface area contributed by atoms with Crippen LogP contribution in [-0.4, -0.2) is 16.6 Å². The topological polar surface area (TPSA) is 47.0 Å². The number of nitrogens with one attached hydrogen (secondary N) is 1. The van der Waals surface area contributed by atoms with Crippen molar-refractivity contribution in [2.75, 3.05) is 0 Å². The molecule has 0 radical (unpaired) electrons. The number of ether oxygens (including phenoxy) is 1. The van der Waals surface area contributed by atoms with Crippen LogP contribution in [0.4, 0.5) is 8.78 Å². The molecule has 0 fully saturated rings. The van der Waals surface area contributed by atoms with E-state index in [4.69, 9.17) is 0 Å². The molecule has 4 nitrogen and oxygen atoms in total. The molecule has 0 amide bonds. The van der Waals surface area contributed by atoms with Gasteiger partial charge < -0.3 is 10.1 Å². The van der Waals surface area contributed by atoms with E-state index in [1.54, 1.807) is 30.7 Å². The lowest BCUT2D eigenvalue weighted by Gasteiger charge is -2.07. The molecular formula is C13H13F2N3O. The van der Waals surface area contributed by atoms with E-state index in [1.165, 1.54) is 12.1 Å². The van der Waals surface area contributed by atoms with Crippen LogP contribution >= 0.6 is 0 Å². The SMILES string of the molecule is FC(F)Oc1ccc(CNCc2cnccn2)cc1. The van der Waals surface area contributed by atoms with Crippen LogP contribution in [0.3, 0.4) is 0 Å². The zero-order valence-corrected chi connectivity index (χ0v) is 10.1. The van der Waals surface area contributed by atoms with Crippen molar-refractivity contribution in [3.8, 4) is 5.75 Å². The van der Waals surface area contributed by atoms with Gasteiger partial charge in [0.05, 0.1) is 5.69 Å². The summed E-state index contributed by atoms with van der Waals surface area (Å²) in [4.78, 5) is 8.09. The number of aromatic nitrogens is 2. The second-order valence-corrected chi connectivity index (χ2v) is 3.82. The maximum Gasteiger partial charge on any atom is 0.387 e. The average molecular weight is 265 g/mol. The van der Waals surface area contributed by atoms with Gasteiger partial charge in [-0.25, -0.2) is 0 Å². The van der Waals surface area contributed by atoms with Crippen molar-refractivity contribution in [1.29, 1.82) is 0 Å². The van der Waals surface area contributed by atoms with Crippen molar-refractivity contribution < 1.29 is 13.5 Å². The first kappa shape index (κ1) is 13.4. The number of halogens is 2. The van der Waals surface area contributed by atoms with Gasteiger partial charge in [0, 0.05) is 31.7 Å². The molecule has 0 unspecified atom stereocenters. The molecule has 0 aliphatic rings. The zero-order valence-electron chi connectivity index (χ0n) is 10.1. The van der Waals surface area contributed by atoms with E-state index < -0.39 is 6.61 Å². The molecule has 1 aromatic carbocycles. The fourth-order valence-corrected chi connectivity index (χ4v) is 1.54. The third-order valence-corrected chi connectivity index (χ3v) is 2.40. The fraction of sp³-hybridized carbons (Fsp3) is 0.231. The van der Waals surface area contributed by atoms with Gasteiger partial charge in [0.1, 0.15) is 5.75 Å². The van der Waals surface area contributed by atoms with Crippen molar-refractivity contribution in [3.05, 3.63) is 54.1 Å². The number of alkyl halides is 2. The molecule has 0 bridgehead atoms. The maximum absolute atomic E-state index is 12.0. The minimum absolute atomic E-state index is 0.160. The summed E-state index contributed by atoms with van der Waals surface area (Å²) in [6.45, 7) is -1.57. The van der Waals surface area contributed by atoms with E-state index in [9.17, 15) is 8.78 Å². The van der Waals surface area contributed by atoms with Gasteiger partial charge in [0.25, 0.3) is 0 Å². The summed E-state index contributed by atoms with van der Waals surface area (Å²) in [5, 5.41) is 3.19. The molecule has 0 aliphatic heterocycles. The summed E-state index contributed by atoms with van der Waals surface area (Å²) in [6.07, 6.45) is 4.94. The summed E-state index contributed by atoms with van der Waals surface area (Å²) in [5.74, 6) is 0.160. The Labute approximate surface area is 109 Å². The third kappa shape index (κ3) is 4.59. The molecule has 1 N–H and O–H groups in total. The molecule has 1 aromatic heterocycles. The molecule has 2 aromatic rings. The van der Waals surface area contributed by atoms with E-state index in [-0.39, 0.29) is 5.75 Å². The Hall–Kier alpha value is -2.08. The Kier molecular flexibility index (Phi) is 4.74. The second-order valence-electron chi connectivity index (χ2n) is 3.82. The lowest BCUT2D eigenvalue weighted by Crippen LogP contribution is -2.13. The van der Waals surface area contributed by atoms with E-state index in [0.29, 0.717) is 13.1 Å². The molecule has 1 heterocycles. The van der Waals surface area contributed by atoms with E-state index >= 15 is 0 Å². The van der Waals surface area contributed by atoms with E-state index in [1.807, 2.05) is 0 Å². The van der Waals surface area contributed by atoms with E-state index in [2.05, 4.69) is 20.0 Å². The Balaban J connectivity index is 1.80. The number of hydrogen-bond acceptors (Lipinski definition) is 4. The van der Waals surface area contributed by atoms with Crippen molar-refractivity contribution in [2.24, 2.45) is 0 Å². The minimum Gasteiger partial charge on any atom is -0.435 e. The molecule has 6 heteroatoms. The van der Waals surface area contributed by atoms with Crippen LogP contribution in [0.25, 0.3) is 0 Å². The molecule has 0 spiro atoms. The molecule has 0 saturated heterocycles. The van der Waals surface area contributed by atoms with Crippen LogP contribution in [0.1, 0.15) is 11.3 Å². The molecule has 0 atom stereocenters. The fourth-order valence-electron chi connectivity index (χ4n) is 1.54. The Morgan fingerprint density at radius 1 is 1.11 bits per heavy atom. The highest BCUT2D eigenvalue weighted by molar-refractivity contribution is 5.27. The predicted octanol–water partition coefficient (Wildman–Crippen LogP) is 2.37. The standard InChI is InChI=1S/C13H13F2N3O/c14-13(15)19-12-3-1-10(2-4-12)7-17-9-11-8-16-5-6-18-11/h1-6,8,13,17H,7,9H2. The quantitative estimate of drug-likeness (QED) is 0.871. The molecule has 100 valence electrons. The van der Waals surface area contributed by atoms with Crippen molar-refractivity contribution >= 4 is 0 Å². The third-order valence-electron chi connectivity index (χ3n) is 2.40. The van der Waals surface area contributed by atoms with Gasteiger partial charge in [0.15, 0.2) is 0 Å². The summed E-state index contributed by atoms with van der Waals surface area (Å²) in [7, 11) is 0. The van der Waals surface area contributed by atoms with Crippen molar-refractivity contribution in [1.82, 2.24) is 15.3 Å². The van der Waals surface area contributed by atoms with Crippen LogP contribution in [0.15, 0.2) is 42.9 Å². The van der Waals surface area contributed by atoms with Gasteiger partial charge in [-0.2, -0.15) is 8.78 Å². The summed E-state index contributed by atoms with van der Waals surface area (Å²) in [6, 6.07) is 6.51. The van der Waals surface area contributed by atoms with Crippen LogP contribution < -0.4 is 10.1 Å². The highest BCUT2D eigenvalue weighted by atomic mass is 19.3. The molecule has 2 rings (SSSR count). The molecule has 19 heavy (non-hydrogen) atoms. The number of hydrogen-bond donors (Lipinski definition) is 1.